The summed E-state index contributed by atoms with van der Waals surface area (Å²) in [7, 11) is 0. The molecule has 0 aromatic heterocycles. The Bertz CT molecular complexity index is 934. The van der Waals surface area contributed by atoms with Gasteiger partial charge in [0, 0.05) is 23.4 Å². The van der Waals surface area contributed by atoms with Crippen LogP contribution in [0.2, 0.25) is 5.02 Å². The van der Waals surface area contributed by atoms with Gasteiger partial charge in [-0.05, 0) is 54.0 Å². The summed E-state index contributed by atoms with van der Waals surface area (Å²) < 4.78 is 5.13. The Balaban J connectivity index is 1.84. The van der Waals surface area contributed by atoms with Crippen molar-refractivity contribution >= 4 is 34.8 Å². The molecular formula is C22H20ClNO4. The maximum absolute atomic E-state index is 12.6. The quantitative estimate of drug-likeness (QED) is 0.756. The lowest BCUT2D eigenvalue weighted by atomic mass is 9.87. The molecule has 3 rings (SSSR count). The second kappa shape index (κ2) is 8.85. The van der Waals surface area contributed by atoms with E-state index in [1.165, 1.54) is 0 Å². The summed E-state index contributed by atoms with van der Waals surface area (Å²) in [5.74, 6) is -0.979. The van der Waals surface area contributed by atoms with Gasteiger partial charge in [0.1, 0.15) is 6.04 Å². The fourth-order valence-corrected chi connectivity index (χ4v) is 3.29. The average Bonchev–Trinajstić information content (AvgIpc) is 2.68. The molecule has 0 radical (unpaired) electrons. The first-order valence-corrected chi connectivity index (χ1v) is 9.40. The van der Waals surface area contributed by atoms with E-state index < -0.39 is 17.9 Å². The molecule has 0 spiro atoms. The number of ketones is 1. The predicted octanol–water partition coefficient (Wildman–Crippen LogP) is 3.60. The van der Waals surface area contributed by atoms with E-state index in [0.29, 0.717) is 22.6 Å². The molecule has 1 atom stereocenters. The third kappa shape index (κ3) is 4.67. The zero-order valence-corrected chi connectivity index (χ0v) is 16.2. The second-order valence-electron chi connectivity index (χ2n) is 6.46. The first-order valence-electron chi connectivity index (χ1n) is 9.02. The number of hydrogen-bond donors (Lipinski definition) is 1. The van der Waals surface area contributed by atoms with Crippen LogP contribution in [0.1, 0.15) is 34.8 Å². The fraction of sp³-hybridized carbons (Fsp3) is 0.227. The van der Waals surface area contributed by atoms with Crippen molar-refractivity contribution in [2.75, 3.05) is 6.61 Å². The lowest BCUT2D eigenvalue weighted by Crippen LogP contribution is -2.42. The van der Waals surface area contributed by atoms with Crippen LogP contribution >= 0.6 is 11.6 Å². The summed E-state index contributed by atoms with van der Waals surface area (Å²) in [5.41, 5.74) is 2.92. The number of carbonyl (C=O) groups excluding carboxylic acids is 3. The summed E-state index contributed by atoms with van der Waals surface area (Å²) in [6.45, 7) is 1.90. The van der Waals surface area contributed by atoms with E-state index in [1.807, 2.05) is 24.3 Å². The Morgan fingerprint density at radius 1 is 1.14 bits per heavy atom. The molecule has 1 N–H and O–H groups in total. The van der Waals surface area contributed by atoms with Gasteiger partial charge in [-0.15, -0.1) is 0 Å². The summed E-state index contributed by atoms with van der Waals surface area (Å²) in [5, 5.41) is 3.24. The Hall–Kier alpha value is -2.92. The highest BCUT2D eigenvalue weighted by Crippen LogP contribution is 2.28. The Kier molecular flexibility index (Phi) is 6.26. The molecule has 0 saturated carbocycles. The first-order chi connectivity index (χ1) is 13.5. The number of hydrogen-bond acceptors (Lipinski definition) is 4. The topological polar surface area (TPSA) is 72.5 Å². The minimum absolute atomic E-state index is 0.0275. The molecule has 144 valence electrons. The van der Waals surface area contributed by atoms with Crippen LogP contribution in [0.15, 0.2) is 54.6 Å². The van der Waals surface area contributed by atoms with Crippen LogP contribution in [0.4, 0.5) is 0 Å². The first kappa shape index (κ1) is 19.8. The SMILES string of the molecule is CCOC(=O)C(CC1=CC(=O)Cc2ccccc21)NC(=O)c1ccc(Cl)cc1. The third-order valence-electron chi connectivity index (χ3n) is 4.47. The van der Waals surface area contributed by atoms with Crippen molar-refractivity contribution in [1.82, 2.24) is 5.32 Å². The molecule has 2 aromatic rings. The molecule has 28 heavy (non-hydrogen) atoms. The summed E-state index contributed by atoms with van der Waals surface area (Å²) >= 11 is 5.86. The molecule has 1 aliphatic rings. The molecule has 0 saturated heterocycles. The lowest BCUT2D eigenvalue weighted by molar-refractivity contribution is -0.145. The molecule has 0 aliphatic heterocycles. The molecule has 6 heteroatoms. The zero-order valence-electron chi connectivity index (χ0n) is 15.4. The number of benzene rings is 2. The predicted molar refractivity (Wildman–Crippen MR) is 107 cm³/mol. The van der Waals surface area contributed by atoms with Crippen LogP contribution < -0.4 is 5.32 Å². The van der Waals surface area contributed by atoms with Crippen LogP contribution in [0, 0.1) is 0 Å². The minimum Gasteiger partial charge on any atom is -0.464 e. The van der Waals surface area contributed by atoms with Crippen LogP contribution in [0.5, 0.6) is 0 Å². The highest BCUT2D eigenvalue weighted by molar-refractivity contribution is 6.30. The fourth-order valence-electron chi connectivity index (χ4n) is 3.17. The van der Waals surface area contributed by atoms with Gasteiger partial charge in [0.05, 0.1) is 6.61 Å². The highest BCUT2D eigenvalue weighted by Gasteiger charge is 2.27. The number of halogens is 1. The maximum atomic E-state index is 12.6. The van der Waals surface area contributed by atoms with Gasteiger partial charge in [-0.2, -0.15) is 0 Å². The van der Waals surface area contributed by atoms with Gasteiger partial charge in [0.15, 0.2) is 5.78 Å². The molecule has 1 amide bonds. The Morgan fingerprint density at radius 3 is 2.57 bits per heavy atom. The molecule has 5 nitrogen and oxygen atoms in total. The summed E-state index contributed by atoms with van der Waals surface area (Å²) in [4.78, 5) is 37.1. The van der Waals surface area contributed by atoms with E-state index in [0.717, 1.165) is 11.1 Å². The monoisotopic (exact) mass is 397 g/mol. The standard InChI is InChI=1S/C22H20ClNO4/c1-2-28-22(27)20(24-21(26)14-7-9-17(23)10-8-14)13-16-12-18(25)11-15-5-3-4-6-19(15)16/h3-10,12,20H,2,11,13H2,1H3,(H,24,26). The van der Waals surface area contributed by atoms with Gasteiger partial charge in [-0.25, -0.2) is 4.79 Å². The van der Waals surface area contributed by atoms with Crippen molar-refractivity contribution in [2.45, 2.75) is 25.8 Å². The van der Waals surface area contributed by atoms with Crippen molar-refractivity contribution in [3.05, 3.63) is 76.3 Å². The third-order valence-corrected chi connectivity index (χ3v) is 4.72. The summed E-state index contributed by atoms with van der Waals surface area (Å²) in [6, 6.07) is 13.0. The van der Waals surface area contributed by atoms with Crippen molar-refractivity contribution in [1.29, 1.82) is 0 Å². The van der Waals surface area contributed by atoms with Gasteiger partial charge in [-0.3, -0.25) is 9.59 Å². The number of ether oxygens (including phenoxy) is 1. The number of rotatable bonds is 6. The normalized spacial score (nSPS) is 13.9. The van der Waals surface area contributed by atoms with Crippen molar-refractivity contribution < 1.29 is 19.1 Å². The van der Waals surface area contributed by atoms with E-state index in [9.17, 15) is 14.4 Å². The number of amides is 1. The van der Waals surface area contributed by atoms with Crippen LogP contribution in [-0.4, -0.2) is 30.3 Å². The molecule has 1 unspecified atom stereocenters. The van der Waals surface area contributed by atoms with Crippen LogP contribution in [0.25, 0.3) is 5.57 Å². The summed E-state index contributed by atoms with van der Waals surface area (Å²) in [6.07, 6.45) is 2.05. The van der Waals surface area contributed by atoms with Crippen molar-refractivity contribution in [3.63, 3.8) is 0 Å². The van der Waals surface area contributed by atoms with E-state index in [2.05, 4.69) is 5.32 Å². The Labute approximate surface area is 168 Å². The van der Waals surface area contributed by atoms with Crippen LogP contribution in [0.3, 0.4) is 0 Å². The number of allylic oxidation sites excluding steroid dienone is 1. The van der Waals surface area contributed by atoms with E-state index in [4.69, 9.17) is 16.3 Å². The number of fused-ring (bicyclic) bond motifs is 1. The van der Waals surface area contributed by atoms with Gasteiger partial charge in [-0.1, -0.05) is 35.9 Å². The van der Waals surface area contributed by atoms with Crippen molar-refractivity contribution in [2.24, 2.45) is 0 Å². The average molecular weight is 398 g/mol. The Morgan fingerprint density at radius 2 is 1.86 bits per heavy atom. The number of nitrogens with one attached hydrogen (secondary N) is 1. The van der Waals surface area contributed by atoms with Crippen molar-refractivity contribution in [3.8, 4) is 0 Å². The molecule has 2 aromatic carbocycles. The van der Waals surface area contributed by atoms with Gasteiger partial charge >= 0.3 is 5.97 Å². The molecule has 1 aliphatic carbocycles. The number of esters is 1. The smallest absolute Gasteiger partial charge is 0.328 e. The van der Waals surface area contributed by atoms with E-state index in [1.54, 1.807) is 37.3 Å². The van der Waals surface area contributed by atoms with Gasteiger partial charge in [0.2, 0.25) is 0 Å². The second-order valence-corrected chi connectivity index (χ2v) is 6.90. The molecule has 0 bridgehead atoms. The van der Waals surface area contributed by atoms with E-state index >= 15 is 0 Å². The maximum Gasteiger partial charge on any atom is 0.328 e. The van der Waals surface area contributed by atoms with Crippen LogP contribution in [-0.2, 0) is 20.7 Å². The number of carbonyl (C=O) groups is 3. The molecule has 0 fully saturated rings. The van der Waals surface area contributed by atoms with Gasteiger partial charge in [0.25, 0.3) is 5.91 Å². The minimum atomic E-state index is -0.909. The zero-order chi connectivity index (χ0) is 20.1. The van der Waals surface area contributed by atoms with E-state index in [-0.39, 0.29) is 18.8 Å². The molecule has 0 heterocycles. The lowest BCUT2D eigenvalue weighted by Gasteiger charge is -2.22. The highest BCUT2D eigenvalue weighted by atomic mass is 35.5. The molecular weight excluding hydrogens is 378 g/mol. The van der Waals surface area contributed by atoms with Gasteiger partial charge < -0.3 is 10.1 Å². The largest absolute Gasteiger partial charge is 0.464 e.